The number of ether oxygens (including phenoxy) is 1. The third-order valence-electron chi connectivity index (χ3n) is 4.28. The largest absolute Gasteiger partial charge is 0.441 e. The van der Waals surface area contributed by atoms with Crippen LogP contribution in [-0.4, -0.2) is 30.6 Å². The monoisotopic (exact) mass is 398 g/mol. The van der Waals surface area contributed by atoms with Gasteiger partial charge < -0.3 is 15.8 Å². The average Bonchev–Trinajstić information content (AvgIpc) is 3.00. The summed E-state index contributed by atoms with van der Waals surface area (Å²) in [4.78, 5) is 8.82. The number of halogens is 3. The van der Waals surface area contributed by atoms with Crippen molar-refractivity contribution >= 4 is 28.9 Å². The molecule has 146 valence electrons. The molecule has 27 heavy (non-hydrogen) atoms. The van der Waals surface area contributed by atoms with Crippen LogP contribution in [0.15, 0.2) is 24.3 Å². The molecule has 0 amide bonds. The lowest BCUT2D eigenvalue weighted by atomic mass is 10.2. The molecule has 2 aromatic rings. The molecule has 9 heteroatoms. The molecule has 1 aromatic carbocycles. The van der Waals surface area contributed by atoms with E-state index in [1.54, 1.807) is 6.07 Å². The fraction of sp³-hybridized carbons (Fsp3) is 0.444. The number of H-pyrrole nitrogens is 1. The molecule has 1 saturated heterocycles. The van der Waals surface area contributed by atoms with Crippen LogP contribution in [0.25, 0.3) is 0 Å². The molecule has 1 aliphatic rings. The number of nitrogen functional groups attached to an aromatic ring is 1. The summed E-state index contributed by atoms with van der Waals surface area (Å²) in [5.74, 6) is -1.99. The van der Waals surface area contributed by atoms with Gasteiger partial charge >= 0.3 is 6.01 Å². The number of benzene rings is 1. The first kappa shape index (κ1) is 19.4. The summed E-state index contributed by atoms with van der Waals surface area (Å²) in [7, 11) is 0. The number of nitrogens with two attached hydrogens (primary N) is 1. The van der Waals surface area contributed by atoms with Crippen LogP contribution in [0.5, 0.6) is 6.01 Å². The Morgan fingerprint density at radius 1 is 1.41 bits per heavy atom. The summed E-state index contributed by atoms with van der Waals surface area (Å²) in [6.07, 6.45) is 0.579. The maximum absolute atomic E-state index is 13.7. The van der Waals surface area contributed by atoms with Gasteiger partial charge in [-0.2, -0.15) is 0 Å². The standard InChI is InChI=1S/C18H22ClF2N5O/c1-2-9-27-17-24-15(23-10-12-5-3-4-6-13(12)19)14(22)16(25-17)26-8-7-18(20,21)11-26/h3-6H,2,7-11,22H2,1H3,(H,23,24,25)/p+1. The SMILES string of the molecule is CCCOc1nc(NCc2ccccc2Cl)c(N)c(N2CCC(F)(F)C2)[nH+]1. The van der Waals surface area contributed by atoms with Crippen molar-refractivity contribution < 1.29 is 18.5 Å². The zero-order valence-electron chi connectivity index (χ0n) is 15.1. The van der Waals surface area contributed by atoms with Crippen LogP contribution in [0, 0.1) is 0 Å². The van der Waals surface area contributed by atoms with Crippen LogP contribution in [0.4, 0.5) is 26.1 Å². The fourth-order valence-corrected chi connectivity index (χ4v) is 3.07. The van der Waals surface area contributed by atoms with Crippen molar-refractivity contribution in [2.24, 2.45) is 0 Å². The van der Waals surface area contributed by atoms with Gasteiger partial charge in [0.25, 0.3) is 11.7 Å². The molecule has 0 atom stereocenters. The Balaban J connectivity index is 1.87. The van der Waals surface area contributed by atoms with Gasteiger partial charge in [-0.3, -0.25) is 4.90 Å². The number of hydrogen-bond acceptors (Lipinski definition) is 5. The van der Waals surface area contributed by atoms with Crippen LogP contribution in [0.1, 0.15) is 25.3 Å². The Hall–Kier alpha value is -2.35. The van der Waals surface area contributed by atoms with Gasteiger partial charge in [-0.1, -0.05) is 36.7 Å². The number of alkyl halides is 2. The van der Waals surface area contributed by atoms with Crippen molar-refractivity contribution in [3.8, 4) is 6.01 Å². The zero-order chi connectivity index (χ0) is 19.4. The molecule has 0 bridgehead atoms. The highest BCUT2D eigenvalue weighted by atomic mass is 35.5. The van der Waals surface area contributed by atoms with Crippen LogP contribution < -0.4 is 25.7 Å². The van der Waals surface area contributed by atoms with Crippen molar-refractivity contribution in [2.45, 2.75) is 32.2 Å². The predicted octanol–water partition coefficient (Wildman–Crippen LogP) is 3.38. The second kappa shape index (κ2) is 8.12. The molecule has 1 aromatic heterocycles. The van der Waals surface area contributed by atoms with Gasteiger partial charge in [-0.15, -0.1) is 0 Å². The molecule has 1 fully saturated rings. The molecular weight excluding hydrogens is 376 g/mol. The van der Waals surface area contributed by atoms with E-state index in [9.17, 15) is 8.78 Å². The van der Waals surface area contributed by atoms with Gasteiger partial charge in [0, 0.05) is 18.0 Å². The molecule has 2 heterocycles. The van der Waals surface area contributed by atoms with E-state index in [0.29, 0.717) is 29.8 Å². The molecule has 4 N–H and O–H groups in total. The molecule has 0 saturated carbocycles. The minimum Gasteiger partial charge on any atom is -0.441 e. The zero-order valence-corrected chi connectivity index (χ0v) is 15.8. The van der Waals surface area contributed by atoms with E-state index in [2.05, 4.69) is 15.3 Å². The number of rotatable bonds is 7. The van der Waals surface area contributed by atoms with E-state index < -0.39 is 12.5 Å². The van der Waals surface area contributed by atoms with Gasteiger partial charge in [-0.25, -0.2) is 13.8 Å². The van der Waals surface area contributed by atoms with Gasteiger partial charge in [-0.05, 0) is 23.0 Å². The molecule has 0 unspecified atom stereocenters. The lowest BCUT2D eigenvalue weighted by molar-refractivity contribution is -0.385. The topological polar surface area (TPSA) is 77.6 Å². The number of nitrogens with one attached hydrogen (secondary N) is 2. The third-order valence-corrected chi connectivity index (χ3v) is 4.65. The lowest BCUT2D eigenvalue weighted by Gasteiger charge is -2.16. The number of anilines is 3. The Bertz CT molecular complexity index is 805. The normalized spacial score (nSPS) is 15.8. The van der Waals surface area contributed by atoms with E-state index in [0.717, 1.165) is 12.0 Å². The smallest absolute Gasteiger partial charge is 0.433 e. The number of aromatic nitrogens is 2. The van der Waals surface area contributed by atoms with E-state index in [-0.39, 0.29) is 24.7 Å². The van der Waals surface area contributed by atoms with E-state index in [4.69, 9.17) is 22.1 Å². The molecule has 0 radical (unpaired) electrons. The summed E-state index contributed by atoms with van der Waals surface area (Å²) >= 11 is 6.18. The summed E-state index contributed by atoms with van der Waals surface area (Å²) < 4.78 is 32.9. The van der Waals surface area contributed by atoms with Gasteiger partial charge in [0.15, 0.2) is 5.69 Å². The summed E-state index contributed by atoms with van der Waals surface area (Å²) in [5.41, 5.74) is 7.36. The molecule has 0 aliphatic carbocycles. The molecule has 6 nitrogen and oxygen atoms in total. The number of aromatic amines is 1. The van der Waals surface area contributed by atoms with Gasteiger partial charge in [0.2, 0.25) is 5.82 Å². The molecule has 1 aliphatic heterocycles. The summed E-state index contributed by atoms with van der Waals surface area (Å²) in [6.45, 7) is 2.62. The molecular formula is C18H23ClF2N5O+. The molecule has 0 spiro atoms. The van der Waals surface area contributed by atoms with E-state index in [1.807, 2.05) is 25.1 Å². The number of hydrogen-bond donors (Lipinski definition) is 2. The average molecular weight is 399 g/mol. The second-order valence-corrected chi connectivity index (χ2v) is 6.88. The number of nitrogens with zero attached hydrogens (tertiary/aromatic N) is 2. The minimum atomic E-state index is -2.74. The van der Waals surface area contributed by atoms with Crippen molar-refractivity contribution in [1.82, 2.24) is 4.98 Å². The van der Waals surface area contributed by atoms with Crippen LogP contribution in [-0.2, 0) is 6.54 Å². The summed E-state index contributed by atoms with van der Waals surface area (Å²) in [6, 6.07) is 7.64. The van der Waals surface area contributed by atoms with Crippen LogP contribution in [0.2, 0.25) is 5.02 Å². The third kappa shape index (κ3) is 4.68. The quantitative estimate of drug-likeness (QED) is 0.747. The van der Waals surface area contributed by atoms with E-state index in [1.165, 1.54) is 4.90 Å². The van der Waals surface area contributed by atoms with E-state index >= 15 is 0 Å². The van der Waals surface area contributed by atoms with Gasteiger partial charge in [0.05, 0.1) is 13.2 Å². The maximum atomic E-state index is 13.7. The van der Waals surface area contributed by atoms with Crippen LogP contribution >= 0.6 is 11.6 Å². The Morgan fingerprint density at radius 2 is 2.19 bits per heavy atom. The Labute approximate surface area is 161 Å². The summed E-state index contributed by atoms with van der Waals surface area (Å²) in [5, 5.41) is 3.76. The van der Waals surface area contributed by atoms with Crippen LogP contribution in [0.3, 0.4) is 0 Å². The first-order chi connectivity index (χ1) is 12.9. The first-order valence-corrected chi connectivity index (χ1v) is 9.23. The Kier molecular flexibility index (Phi) is 5.84. The predicted molar refractivity (Wildman–Crippen MR) is 102 cm³/mol. The van der Waals surface area contributed by atoms with Crippen molar-refractivity contribution in [1.29, 1.82) is 0 Å². The van der Waals surface area contributed by atoms with Crippen molar-refractivity contribution in [3.05, 3.63) is 34.9 Å². The Morgan fingerprint density at radius 3 is 2.85 bits per heavy atom. The molecule has 3 rings (SSSR count). The highest BCUT2D eigenvalue weighted by Gasteiger charge is 2.43. The highest BCUT2D eigenvalue weighted by Crippen LogP contribution is 2.34. The lowest BCUT2D eigenvalue weighted by Crippen LogP contribution is -2.32. The maximum Gasteiger partial charge on any atom is 0.433 e. The second-order valence-electron chi connectivity index (χ2n) is 6.47. The van der Waals surface area contributed by atoms with Crippen molar-refractivity contribution in [3.63, 3.8) is 0 Å². The van der Waals surface area contributed by atoms with Gasteiger partial charge in [0.1, 0.15) is 6.54 Å². The fourth-order valence-electron chi connectivity index (χ4n) is 2.87. The van der Waals surface area contributed by atoms with Crippen molar-refractivity contribution in [2.75, 3.05) is 35.6 Å². The highest BCUT2D eigenvalue weighted by molar-refractivity contribution is 6.31. The minimum absolute atomic E-state index is 0.203. The first-order valence-electron chi connectivity index (χ1n) is 8.85.